The lowest BCUT2D eigenvalue weighted by molar-refractivity contribution is -0.0511. The predicted molar refractivity (Wildman–Crippen MR) is 107 cm³/mol. The van der Waals surface area contributed by atoms with Crippen molar-refractivity contribution < 1.29 is 9.90 Å². The summed E-state index contributed by atoms with van der Waals surface area (Å²) in [6, 6.07) is 9.70. The summed E-state index contributed by atoms with van der Waals surface area (Å²) in [5, 5.41) is 25.7. The van der Waals surface area contributed by atoms with Crippen LogP contribution in [0.5, 0.6) is 0 Å². The van der Waals surface area contributed by atoms with E-state index in [9.17, 15) is 15.2 Å². The highest BCUT2D eigenvalue weighted by molar-refractivity contribution is 5.94. The van der Waals surface area contributed by atoms with Gasteiger partial charge >= 0.3 is 0 Å². The molecule has 2 atom stereocenters. The van der Waals surface area contributed by atoms with Crippen molar-refractivity contribution in [3.8, 4) is 6.07 Å². The number of anilines is 2. The summed E-state index contributed by atoms with van der Waals surface area (Å²) in [6.07, 6.45) is 2.48. The van der Waals surface area contributed by atoms with E-state index < -0.39 is 0 Å². The van der Waals surface area contributed by atoms with Gasteiger partial charge in [0.1, 0.15) is 17.5 Å². The predicted octanol–water partition coefficient (Wildman–Crippen LogP) is 2.78. The zero-order chi connectivity index (χ0) is 20.3. The minimum atomic E-state index is -0.360. The number of hydrogen-bond donors (Lipinski definition) is 3. The topological polar surface area (TPSA) is 111 Å². The molecule has 1 aliphatic carbocycles. The van der Waals surface area contributed by atoms with Crippen LogP contribution in [0, 0.1) is 16.7 Å². The van der Waals surface area contributed by atoms with Gasteiger partial charge in [-0.1, -0.05) is 32.0 Å². The van der Waals surface area contributed by atoms with Crippen LogP contribution >= 0.6 is 0 Å². The van der Waals surface area contributed by atoms with Crippen molar-refractivity contribution in [1.82, 2.24) is 9.97 Å². The van der Waals surface area contributed by atoms with Crippen LogP contribution in [-0.2, 0) is 6.42 Å². The summed E-state index contributed by atoms with van der Waals surface area (Å²) in [6.45, 7) is 6.12. The minimum Gasteiger partial charge on any atom is -0.392 e. The lowest BCUT2D eigenvalue weighted by Crippen LogP contribution is -2.57. The number of nitrogens with zero attached hydrogens (tertiary/aromatic N) is 3. The minimum absolute atomic E-state index is 0.0463. The molecule has 3 rings (SSSR count). The summed E-state index contributed by atoms with van der Waals surface area (Å²) in [5.74, 6) is 0.954. The third-order valence-electron chi connectivity index (χ3n) is 5.47. The number of aromatic nitrogens is 2. The van der Waals surface area contributed by atoms with Gasteiger partial charge in [0.25, 0.3) is 0 Å². The fourth-order valence-electron chi connectivity index (χ4n) is 3.24. The molecule has 28 heavy (non-hydrogen) atoms. The molecule has 1 fully saturated rings. The summed E-state index contributed by atoms with van der Waals surface area (Å²) < 4.78 is 0. The standard InChI is InChI=1S/C21H25N5O2/c1-13(27)15-6-4-5-14(9-15)7-8-23-20-24-12-16(11-22)19(26-20)25-17-10-18(28)21(17,2)3/h4-6,9,12,17-18,28H,7-8,10H2,1-3H3,(H2,23,24,25,26)/t17-,18+/m1/s1. The molecule has 0 unspecified atom stereocenters. The zero-order valence-corrected chi connectivity index (χ0v) is 16.4. The van der Waals surface area contributed by atoms with E-state index in [-0.39, 0.29) is 23.3 Å². The Balaban J connectivity index is 1.64. The summed E-state index contributed by atoms with van der Waals surface area (Å²) >= 11 is 0. The molecule has 0 aliphatic heterocycles. The largest absolute Gasteiger partial charge is 0.392 e. The molecule has 0 amide bonds. The number of hydrogen-bond acceptors (Lipinski definition) is 7. The smallest absolute Gasteiger partial charge is 0.224 e. The van der Waals surface area contributed by atoms with Gasteiger partial charge in [0.15, 0.2) is 5.78 Å². The number of ketones is 1. The van der Waals surface area contributed by atoms with Crippen LogP contribution in [0.15, 0.2) is 30.5 Å². The Morgan fingerprint density at radius 2 is 2.21 bits per heavy atom. The quantitative estimate of drug-likeness (QED) is 0.634. The van der Waals surface area contributed by atoms with Crippen molar-refractivity contribution in [1.29, 1.82) is 5.26 Å². The maximum absolute atomic E-state index is 11.5. The summed E-state index contributed by atoms with van der Waals surface area (Å²) in [5.41, 5.74) is 1.85. The van der Waals surface area contributed by atoms with E-state index in [0.29, 0.717) is 35.9 Å². The second kappa shape index (κ2) is 7.95. The molecular formula is C21H25N5O2. The second-order valence-corrected chi connectivity index (χ2v) is 7.77. The molecule has 1 saturated carbocycles. The molecule has 1 heterocycles. The Labute approximate surface area is 164 Å². The van der Waals surface area contributed by atoms with E-state index in [4.69, 9.17) is 0 Å². The van der Waals surface area contributed by atoms with Crippen molar-refractivity contribution >= 4 is 17.5 Å². The van der Waals surface area contributed by atoms with Gasteiger partial charge in [0.05, 0.1) is 12.3 Å². The van der Waals surface area contributed by atoms with Crippen molar-refractivity contribution in [3.63, 3.8) is 0 Å². The Kier molecular flexibility index (Phi) is 5.61. The molecule has 1 aliphatic rings. The van der Waals surface area contributed by atoms with E-state index in [1.807, 2.05) is 32.0 Å². The SMILES string of the molecule is CC(=O)c1cccc(CCNc2ncc(C#N)c(N[C@@H]3C[C@H](O)C3(C)C)n2)c1. The lowest BCUT2D eigenvalue weighted by atomic mass is 9.64. The first kappa shape index (κ1) is 19.8. The average molecular weight is 379 g/mol. The maximum Gasteiger partial charge on any atom is 0.224 e. The summed E-state index contributed by atoms with van der Waals surface area (Å²) in [7, 11) is 0. The molecule has 0 bridgehead atoms. The Bertz CT molecular complexity index is 919. The monoisotopic (exact) mass is 379 g/mol. The van der Waals surface area contributed by atoms with Gasteiger partial charge in [-0.3, -0.25) is 4.79 Å². The number of aliphatic hydroxyl groups excluding tert-OH is 1. The van der Waals surface area contributed by atoms with Crippen molar-refractivity contribution in [2.45, 2.75) is 45.8 Å². The van der Waals surface area contributed by atoms with E-state index in [2.05, 4.69) is 26.7 Å². The fourth-order valence-corrected chi connectivity index (χ4v) is 3.24. The number of nitriles is 1. The molecule has 3 N–H and O–H groups in total. The van der Waals surface area contributed by atoms with Crippen molar-refractivity contribution in [2.75, 3.05) is 17.2 Å². The average Bonchev–Trinajstić information content (AvgIpc) is 2.68. The summed E-state index contributed by atoms with van der Waals surface area (Å²) in [4.78, 5) is 20.1. The normalized spacial score (nSPS) is 20.0. The number of aliphatic hydroxyl groups is 1. The van der Waals surface area contributed by atoms with Gasteiger partial charge in [-0.25, -0.2) is 4.98 Å². The fraction of sp³-hybridized carbons (Fsp3) is 0.429. The molecule has 1 aromatic heterocycles. The number of Topliss-reactive ketones (excluding diaryl/α,β-unsaturated/α-hetero) is 1. The maximum atomic E-state index is 11.5. The molecule has 2 aromatic rings. The van der Waals surface area contributed by atoms with Crippen molar-refractivity contribution in [2.24, 2.45) is 5.41 Å². The van der Waals surface area contributed by atoms with E-state index in [1.165, 1.54) is 6.20 Å². The van der Waals surface area contributed by atoms with Crippen LogP contribution < -0.4 is 10.6 Å². The molecule has 0 spiro atoms. The van der Waals surface area contributed by atoms with E-state index >= 15 is 0 Å². The number of carbonyl (C=O) groups excluding carboxylic acids is 1. The number of nitrogens with one attached hydrogen (secondary N) is 2. The van der Waals surface area contributed by atoms with Gasteiger partial charge < -0.3 is 15.7 Å². The second-order valence-electron chi connectivity index (χ2n) is 7.77. The molecule has 0 radical (unpaired) electrons. The molecule has 7 heteroatoms. The number of carbonyl (C=O) groups is 1. The molecule has 0 saturated heterocycles. The van der Waals surface area contributed by atoms with Gasteiger partial charge in [-0.05, 0) is 31.4 Å². The highest BCUT2D eigenvalue weighted by Crippen LogP contribution is 2.42. The zero-order valence-electron chi connectivity index (χ0n) is 16.4. The lowest BCUT2D eigenvalue weighted by Gasteiger charge is -2.49. The van der Waals surface area contributed by atoms with Crippen LogP contribution in [0.4, 0.5) is 11.8 Å². The Morgan fingerprint density at radius 1 is 1.43 bits per heavy atom. The molecule has 1 aromatic carbocycles. The first-order valence-corrected chi connectivity index (χ1v) is 9.36. The van der Waals surface area contributed by atoms with Crippen LogP contribution in [0.25, 0.3) is 0 Å². The van der Waals surface area contributed by atoms with Crippen LogP contribution in [0.3, 0.4) is 0 Å². The van der Waals surface area contributed by atoms with Crippen LogP contribution in [0.1, 0.15) is 48.7 Å². The first-order valence-electron chi connectivity index (χ1n) is 9.36. The van der Waals surface area contributed by atoms with Gasteiger partial charge in [0, 0.05) is 23.6 Å². The van der Waals surface area contributed by atoms with E-state index in [1.54, 1.807) is 13.0 Å². The highest BCUT2D eigenvalue weighted by Gasteiger charge is 2.47. The third kappa shape index (κ3) is 4.12. The number of rotatable bonds is 7. The van der Waals surface area contributed by atoms with Crippen LogP contribution in [0.2, 0.25) is 0 Å². The van der Waals surface area contributed by atoms with Gasteiger partial charge in [-0.15, -0.1) is 0 Å². The molecular weight excluding hydrogens is 354 g/mol. The Hall–Kier alpha value is -2.98. The van der Waals surface area contributed by atoms with Crippen LogP contribution in [-0.4, -0.2) is 39.5 Å². The first-order chi connectivity index (χ1) is 13.3. The van der Waals surface area contributed by atoms with Crippen molar-refractivity contribution in [3.05, 3.63) is 47.2 Å². The molecule has 146 valence electrons. The number of benzene rings is 1. The highest BCUT2D eigenvalue weighted by atomic mass is 16.3. The van der Waals surface area contributed by atoms with Gasteiger partial charge in [-0.2, -0.15) is 10.2 Å². The third-order valence-corrected chi connectivity index (χ3v) is 5.47. The van der Waals surface area contributed by atoms with Gasteiger partial charge in [0.2, 0.25) is 5.95 Å². The van der Waals surface area contributed by atoms with E-state index in [0.717, 1.165) is 12.0 Å². The Morgan fingerprint density at radius 3 is 2.86 bits per heavy atom. The molecule has 7 nitrogen and oxygen atoms in total.